The van der Waals surface area contributed by atoms with Crippen molar-refractivity contribution in [1.29, 1.82) is 0 Å². The SMILES string of the molecule is C[C@H]1COc2c(-c3ccc(COCCCN4CCCCC4)nc3)c(F)cc3ncc4c(c23)n1c(=O)n4C. The van der Waals surface area contributed by atoms with Crippen LogP contribution in [0.5, 0.6) is 5.75 Å². The Kier molecular flexibility index (Phi) is 6.42. The van der Waals surface area contributed by atoms with Crippen molar-refractivity contribution in [2.75, 3.05) is 32.8 Å². The summed E-state index contributed by atoms with van der Waals surface area (Å²) in [6.45, 7) is 6.76. The van der Waals surface area contributed by atoms with Gasteiger partial charge in [-0.1, -0.05) is 12.5 Å². The molecule has 5 heterocycles. The van der Waals surface area contributed by atoms with Crippen LogP contribution in [0.2, 0.25) is 0 Å². The quantitative estimate of drug-likeness (QED) is 0.346. The Labute approximate surface area is 214 Å². The summed E-state index contributed by atoms with van der Waals surface area (Å²) >= 11 is 0. The summed E-state index contributed by atoms with van der Waals surface area (Å²) in [6, 6.07) is 4.92. The average molecular weight is 506 g/mol. The van der Waals surface area contributed by atoms with Crippen molar-refractivity contribution >= 4 is 21.9 Å². The van der Waals surface area contributed by atoms with Crippen LogP contribution < -0.4 is 10.4 Å². The zero-order valence-corrected chi connectivity index (χ0v) is 21.4. The number of ether oxygens (including phenoxy) is 2. The minimum atomic E-state index is -0.433. The normalized spacial score (nSPS) is 18.0. The zero-order chi connectivity index (χ0) is 25.5. The third-order valence-electron chi connectivity index (χ3n) is 7.60. The minimum Gasteiger partial charge on any atom is -0.490 e. The van der Waals surface area contributed by atoms with E-state index < -0.39 is 5.82 Å². The number of hydrogen-bond acceptors (Lipinski definition) is 6. The van der Waals surface area contributed by atoms with Crippen molar-refractivity contribution in [3.05, 3.63) is 52.6 Å². The summed E-state index contributed by atoms with van der Waals surface area (Å²) in [7, 11) is 1.73. The maximum absolute atomic E-state index is 15.5. The number of aromatic nitrogens is 4. The van der Waals surface area contributed by atoms with Gasteiger partial charge in [0, 0.05) is 38.0 Å². The van der Waals surface area contributed by atoms with Crippen LogP contribution in [-0.4, -0.2) is 56.9 Å². The van der Waals surface area contributed by atoms with Crippen LogP contribution in [0.25, 0.3) is 33.1 Å². The van der Waals surface area contributed by atoms with E-state index in [0.717, 1.165) is 24.2 Å². The number of rotatable bonds is 7. The fourth-order valence-corrected chi connectivity index (χ4v) is 5.62. The lowest BCUT2D eigenvalue weighted by molar-refractivity contribution is 0.103. The van der Waals surface area contributed by atoms with E-state index in [1.54, 1.807) is 28.6 Å². The molecule has 1 fully saturated rings. The van der Waals surface area contributed by atoms with E-state index in [1.165, 1.54) is 38.4 Å². The van der Waals surface area contributed by atoms with Crippen molar-refractivity contribution in [3.63, 3.8) is 0 Å². The van der Waals surface area contributed by atoms with E-state index in [2.05, 4.69) is 14.9 Å². The Morgan fingerprint density at radius 3 is 2.78 bits per heavy atom. The Bertz CT molecular complexity index is 1510. The molecular formula is C28H32FN5O3. The first-order chi connectivity index (χ1) is 18.0. The summed E-state index contributed by atoms with van der Waals surface area (Å²) in [4.78, 5) is 24.5. The Morgan fingerprint density at radius 2 is 2.00 bits per heavy atom. The topological polar surface area (TPSA) is 74.4 Å². The van der Waals surface area contributed by atoms with Crippen molar-refractivity contribution < 1.29 is 13.9 Å². The van der Waals surface area contributed by atoms with E-state index in [0.29, 0.717) is 46.5 Å². The van der Waals surface area contributed by atoms with Crippen LogP contribution in [0, 0.1) is 5.82 Å². The first-order valence-electron chi connectivity index (χ1n) is 13.1. The van der Waals surface area contributed by atoms with Crippen molar-refractivity contribution in [2.24, 2.45) is 7.05 Å². The third kappa shape index (κ3) is 4.30. The molecule has 9 heteroatoms. The van der Waals surface area contributed by atoms with Gasteiger partial charge < -0.3 is 14.4 Å². The Hall–Kier alpha value is -3.30. The van der Waals surface area contributed by atoms with Crippen molar-refractivity contribution in [1.82, 2.24) is 24.0 Å². The van der Waals surface area contributed by atoms with Crippen LogP contribution in [0.3, 0.4) is 0 Å². The number of imidazole rings is 1. The van der Waals surface area contributed by atoms with Crippen LogP contribution in [0.4, 0.5) is 4.39 Å². The second-order valence-corrected chi connectivity index (χ2v) is 10.2. The van der Waals surface area contributed by atoms with Gasteiger partial charge in [0.2, 0.25) is 0 Å². The molecule has 0 amide bonds. The minimum absolute atomic E-state index is 0.138. The van der Waals surface area contributed by atoms with Gasteiger partial charge in [-0.3, -0.25) is 19.1 Å². The van der Waals surface area contributed by atoms with E-state index in [1.807, 2.05) is 19.1 Å². The highest BCUT2D eigenvalue weighted by molar-refractivity contribution is 6.09. The molecule has 0 bridgehead atoms. The molecule has 2 aliphatic heterocycles. The molecule has 0 spiro atoms. The molecule has 0 unspecified atom stereocenters. The number of aryl methyl sites for hydroxylation is 1. The van der Waals surface area contributed by atoms with Gasteiger partial charge in [0.1, 0.15) is 18.2 Å². The fraction of sp³-hybridized carbons (Fsp3) is 0.464. The molecule has 6 rings (SSSR count). The molecular weight excluding hydrogens is 473 g/mol. The fourth-order valence-electron chi connectivity index (χ4n) is 5.62. The predicted octanol–water partition coefficient (Wildman–Crippen LogP) is 4.44. The van der Waals surface area contributed by atoms with Crippen molar-refractivity contribution in [2.45, 2.75) is 45.3 Å². The predicted molar refractivity (Wildman–Crippen MR) is 140 cm³/mol. The molecule has 0 aliphatic carbocycles. The summed E-state index contributed by atoms with van der Waals surface area (Å²) < 4.78 is 30.8. The number of benzene rings is 1. The molecule has 4 aromatic rings. The van der Waals surface area contributed by atoms with Gasteiger partial charge in [-0.25, -0.2) is 9.18 Å². The number of pyridine rings is 2. The second kappa shape index (κ2) is 9.87. The first kappa shape index (κ1) is 24.1. The molecule has 194 valence electrons. The molecule has 37 heavy (non-hydrogen) atoms. The number of halogens is 1. The van der Waals surface area contributed by atoms with Crippen LogP contribution in [0.1, 0.15) is 44.3 Å². The Balaban J connectivity index is 1.26. The summed E-state index contributed by atoms with van der Waals surface area (Å²) in [5, 5.41) is 0.650. The third-order valence-corrected chi connectivity index (χ3v) is 7.60. The monoisotopic (exact) mass is 505 g/mol. The second-order valence-electron chi connectivity index (χ2n) is 10.2. The average Bonchev–Trinajstić information content (AvgIpc) is 3.06. The van der Waals surface area contributed by atoms with Gasteiger partial charge in [-0.05, 0) is 45.3 Å². The van der Waals surface area contributed by atoms with Gasteiger partial charge in [0.05, 0.1) is 52.0 Å². The van der Waals surface area contributed by atoms with Crippen LogP contribution >= 0.6 is 0 Å². The molecule has 0 radical (unpaired) electrons. The molecule has 1 saturated heterocycles. The van der Waals surface area contributed by atoms with Gasteiger partial charge in [-0.2, -0.15) is 0 Å². The van der Waals surface area contributed by atoms with E-state index >= 15 is 4.39 Å². The van der Waals surface area contributed by atoms with E-state index in [4.69, 9.17) is 9.47 Å². The largest absolute Gasteiger partial charge is 0.490 e. The number of hydrogen-bond donors (Lipinski definition) is 0. The number of piperidine rings is 1. The first-order valence-corrected chi connectivity index (χ1v) is 13.1. The Morgan fingerprint density at radius 1 is 1.16 bits per heavy atom. The number of likely N-dealkylation sites (tertiary alicyclic amines) is 1. The summed E-state index contributed by atoms with van der Waals surface area (Å²) in [5.41, 5.74) is 3.48. The summed E-state index contributed by atoms with van der Waals surface area (Å²) in [6.07, 6.45) is 8.24. The molecule has 8 nitrogen and oxygen atoms in total. The molecule has 1 atom stereocenters. The van der Waals surface area contributed by atoms with Crippen LogP contribution in [0.15, 0.2) is 35.4 Å². The molecule has 0 saturated carbocycles. The summed E-state index contributed by atoms with van der Waals surface area (Å²) in [5.74, 6) is -0.0300. The zero-order valence-electron chi connectivity index (χ0n) is 21.4. The van der Waals surface area contributed by atoms with Gasteiger partial charge in [-0.15, -0.1) is 0 Å². The maximum atomic E-state index is 15.5. The lowest BCUT2D eigenvalue weighted by Crippen LogP contribution is -2.31. The lowest BCUT2D eigenvalue weighted by atomic mass is 10.0. The van der Waals surface area contributed by atoms with Gasteiger partial charge in [0.25, 0.3) is 0 Å². The highest BCUT2D eigenvalue weighted by Crippen LogP contribution is 2.43. The smallest absolute Gasteiger partial charge is 0.329 e. The van der Waals surface area contributed by atoms with Gasteiger partial charge >= 0.3 is 5.69 Å². The number of nitrogens with zero attached hydrogens (tertiary/aromatic N) is 5. The van der Waals surface area contributed by atoms with E-state index in [9.17, 15) is 4.79 Å². The van der Waals surface area contributed by atoms with Crippen molar-refractivity contribution in [3.8, 4) is 16.9 Å². The standard InChI is InChI=1S/C28H32FN5O3/c1-18-16-37-27-24(21(29)13-22-25(27)26-23(15-31-22)32(2)28(35)34(18)26)19-7-8-20(30-14-19)17-36-12-6-11-33-9-4-3-5-10-33/h7-8,13-15,18H,3-6,9-12,16-17H2,1-2H3/t18-/m0/s1. The van der Waals surface area contributed by atoms with Gasteiger partial charge in [0.15, 0.2) is 0 Å². The lowest BCUT2D eigenvalue weighted by Gasteiger charge is -2.26. The highest BCUT2D eigenvalue weighted by atomic mass is 19.1. The van der Waals surface area contributed by atoms with Crippen LogP contribution in [-0.2, 0) is 18.4 Å². The maximum Gasteiger partial charge on any atom is 0.329 e. The molecule has 1 aromatic carbocycles. The van der Waals surface area contributed by atoms with E-state index in [-0.39, 0.29) is 18.3 Å². The highest BCUT2D eigenvalue weighted by Gasteiger charge is 2.28. The molecule has 2 aliphatic rings. The molecule has 0 N–H and O–H groups in total. The molecule has 3 aromatic heterocycles.